The molecular formula is C24H24ClN7O6. The van der Waals surface area contributed by atoms with E-state index in [2.05, 4.69) is 20.8 Å². The molecule has 5 amide bonds. The van der Waals surface area contributed by atoms with E-state index in [-0.39, 0.29) is 37.0 Å². The number of hydrogen-bond acceptors (Lipinski definition) is 8. The normalized spacial score (nSPS) is 19.0. The van der Waals surface area contributed by atoms with Crippen LogP contribution in [0.4, 0.5) is 15.3 Å². The monoisotopic (exact) mass is 541 g/mol. The van der Waals surface area contributed by atoms with E-state index < -0.39 is 30.2 Å². The highest BCUT2D eigenvalue weighted by Gasteiger charge is 2.39. The van der Waals surface area contributed by atoms with Crippen LogP contribution in [-0.4, -0.2) is 68.4 Å². The summed E-state index contributed by atoms with van der Waals surface area (Å²) in [7, 11) is 0. The Morgan fingerprint density at radius 2 is 1.95 bits per heavy atom. The Kier molecular flexibility index (Phi) is 8.06. The fourth-order valence-corrected chi connectivity index (χ4v) is 3.92. The first-order valence-corrected chi connectivity index (χ1v) is 11.9. The van der Waals surface area contributed by atoms with Crippen molar-refractivity contribution in [1.29, 1.82) is 0 Å². The summed E-state index contributed by atoms with van der Waals surface area (Å²) >= 11 is 6.01. The number of carbonyl (C=O) groups is 4. The van der Waals surface area contributed by atoms with Crippen molar-refractivity contribution in [3.8, 4) is 11.6 Å². The SMILES string of the molecule is NC(=O)c1ccc(Oc2ccc(NC3NC(=O)N(CCC(=O)O)C(=O)N3CC3C=CC(Cl)=CC3)cc2)nn1. The number of halogens is 1. The van der Waals surface area contributed by atoms with Crippen molar-refractivity contribution in [3.05, 3.63) is 65.4 Å². The molecule has 2 aromatic rings. The van der Waals surface area contributed by atoms with Crippen LogP contribution in [0.2, 0.25) is 0 Å². The maximum atomic E-state index is 13.2. The quantitative estimate of drug-likeness (QED) is 0.351. The molecule has 1 saturated heterocycles. The molecule has 0 radical (unpaired) electrons. The van der Waals surface area contributed by atoms with E-state index in [9.17, 15) is 19.2 Å². The average Bonchev–Trinajstić information content (AvgIpc) is 2.88. The summed E-state index contributed by atoms with van der Waals surface area (Å²) in [6, 6.07) is 8.16. The molecule has 0 saturated carbocycles. The molecule has 14 heteroatoms. The Morgan fingerprint density at radius 3 is 2.55 bits per heavy atom. The summed E-state index contributed by atoms with van der Waals surface area (Å²) in [4.78, 5) is 50.3. The number of primary amides is 1. The number of carboxylic acids is 1. The van der Waals surface area contributed by atoms with E-state index in [0.29, 0.717) is 22.9 Å². The first-order valence-electron chi connectivity index (χ1n) is 11.5. The molecule has 198 valence electrons. The first-order chi connectivity index (χ1) is 18.2. The van der Waals surface area contributed by atoms with Gasteiger partial charge in [0.2, 0.25) is 5.88 Å². The Morgan fingerprint density at radius 1 is 1.18 bits per heavy atom. The average molecular weight is 542 g/mol. The van der Waals surface area contributed by atoms with Gasteiger partial charge < -0.3 is 20.9 Å². The largest absolute Gasteiger partial charge is 0.481 e. The number of urea groups is 2. The highest BCUT2D eigenvalue weighted by Crippen LogP contribution is 2.25. The summed E-state index contributed by atoms with van der Waals surface area (Å²) in [5, 5.41) is 22.9. The van der Waals surface area contributed by atoms with Gasteiger partial charge in [0.15, 0.2) is 12.0 Å². The number of imide groups is 1. The molecule has 38 heavy (non-hydrogen) atoms. The van der Waals surface area contributed by atoms with Crippen LogP contribution in [0.1, 0.15) is 23.3 Å². The molecule has 1 aromatic heterocycles. The highest BCUT2D eigenvalue weighted by atomic mass is 35.5. The van der Waals surface area contributed by atoms with Gasteiger partial charge in [0.25, 0.3) is 5.91 Å². The minimum atomic E-state index is -1.12. The minimum Gasteiger partial charge on any atom is -0.481 e. The molecule has 2 aliphatic rings. The fraction of sp³-hybridized carbons (Fsp3) is 0.250. The zero-order valence-corrected chi connectivity index (χ0v) is 20.7. The number of anilines is 1. The second-order valence-electron chi connectivity index (χ2n) is 8.42. The number of nitrogens with zero attached hydrogens (tertiary/aromatic N) is 4. The number of carboxylic acid groups (broad SMARTS) is 1. The molecular weight excluding hydrogens is 518 g/mol. The standard InChI is InChI=1S/C24H24ClN7O6/c25-15-3-1-14(2-4-15)13-32-22(28-23(36)31(24(32)37)12-11-20(33)34)27-16-5-7-17(8-6-16)38-19-10-9-18(21(26)35)29-30-19/h1,3-10,14,22,27H,2,11-13H2,(H2,26,35)(H,28,36)(H,33,34). The molecule has 13 nitrogen and oxygen atoms in total. The molecule has 2 unspecified atom stereocenters. The summed E-state index contributed by atoms with van der Waals surface area (Å²) in [5.41, 5.74) is 5.73. The molecule has 5 N–H and O–H groups in total. The highest BCUT2D eigenvalue weighted by molar-refractivity contribution is 6.31. The number of rotatable bonds is 10. The van der Waals surface area contributed by atoms with Gasteiger partial charge in [0.05, 0.1) is 6.42 Å². The van der Waals surface area contributed by atoms with Crippen LogP contribution in [0.15, 0.2) is 59.7 Å². The second-order valence-corrected chi connectivity index (χ2v) is 8.85. The van der Waals surface area contributed by atoms with E-state index >= 15 is 0 Å². The van der Waals surface area contributed by atoms with E-state index in [4.69, 9.17) is 27.2 Å². The van der Waals surface area contributed by atoms with Crippen LogP contribution < -0.4 is 21.1 Å². The number of aromatic nitrogens is 2. The topological polar surface area (TPSA) is 180 Å². The molecule has 1 aliphatic heterocycles. The number of benzene rings is 1. The van der Waals surface area contributed by atoms with Crippen molar-refractivity contribution in [1.82, 2.24) is 25.3 Å². The summed E-state index contributed by atoms with van der Waals surface area (Å²) < 4.78 is 5.62. The lowest BCUT2D eigenvalue weighted by atomic mass is 10.00. The number of ether oxygens (including phenoxy) is 1. The lowest BCUT2D eigenvalue weighted by Gasteiger charge is -2.42. The van der Waals surface area contributed by atoms with Gasteiger partial charge in [-0.15, -0.1) is 10.2 Å². The van der Waals surface area contributed by atoms with Crippen LogP contribution in [0.3, 0.4) is 0 Å². The van der Waals surface area contributed by atoms with E-state index in [0.717, 1.165) is 4.90 Å². The Bertz CT molecular complexity index is 1280. The Balaban J connectivity index is 1.46. The number of allylic oxidation sites excluding steroid dienone is 3. The number of nitrogens with one attached hydrogen (secondary N) is 2. The predicted octanol–water partition coefficient (Wildman–Crippen LogP) is 2.68. The lowest BCUT2D eigenvalue weighted by molar-refractivity contribution is -0.137. The zero-order chi connectivity index (χ0) is 27.2. The maximum absolute atomic E-state index is 13.2. The first kappa shape index (κ1) is 26.4. The van der Waals surface area contributed by atoms with Gasteiger partial charge in [-0.2, -0.15) is 0 Å². The third kappa shape index (κ3) is 6.56. The van der Waals surface area contributed by atoms with Gasteiger partial charge in [0.1, 0.15) is 5.75 Å². The van der Waals surface area contributed by atoms with E-state index in [1.54, 1.807) is 30.3 Å². The van der Waals surface area contributed by atoms with Crippen molar-refractivity contribution in [3.63, 3.8) is 0 Å². The summed E-state index contributed by atoms with van der Waals surface area (Å²) in [6.07, 6.45) is 4.81. The van der Waals surface area contributed by atoms with Gasteiger partial charge in [-0.05, 0) is 48.7 Å². The molecule has 2 atom stereocenters. The molecule has 0 spiro atoms. The van der Waals surface area contributed by atoms with Gasteiger partial charge in [-0.1, -0.05) is 23.8 Å². The third-order valence-electron chi connectivity index (χ3n) is 5.69. The molecule has 0 bridgehead atoms. The minimum absolute atomic E-state index is 0.00916. The van der Waals surface area contributed by atoms with Crippen molar-refractivity contribution >= 4 is 41.2 Å². The van der Waals surface area contributed by atoms with Crippen molar-refractivity contribution in [2.45, 2.75) is 19.1 Å². The van der Waals surface area contributed by atoms with E-state index in [1.807, 2.05) is 12.2 Å². The van der Waals surface area contributed by atoms with Crippen molar-refractivity contribution in [2.24, 2.45) is 11.7 Å². The van der Waals surface area contributed by atoms with Crippen LogP contribution in [0, 0.1) is 5.92 Å². The van der Waals surface area contributed by atoms with Gasteiger partial charge in [0, 0.05) is 29.9 Å². The van der Waals surface area contributed by atoms with Gasteiger partial charge in [-0.25, -0.2) is 14.5 Å². The van der Waals surface area contributed by atoms with Crippen molar-refractivity contribution < 1.29 is 29.0 Å². The summed E-state index contributed by atoms with van der Waals surface area (Å²) in [5.74, 6) is -1.30. The Hall–Kier alpha value is -4.65. The maximum Gasteiger partial charge on any atom is 0.331 e. The predicted molar refractivity (Wildman–Crippen MR) is 135 cm³/mol. The van der Waals surface area contributed by atoms with Crippen LogP contribution in [0.25, 0.3) is 0 Å². The van der Waals surface area contributed by atoms with Crippen LogP contribution in [-0.2, 0) is 4.79 Å². The number of nitrogens with two attached hydrogens (primary N) is 1. The van der Waals surface area contributed by atoms with E-state index in [1.165, 1.54) is 17.0 Å². The van der Waals surface area contributed by atoms with Crippen LogP contribution in [0.5, 0.6) is 11.6 Å². The molecule has 4 rings (SSSR count). The fourth-order valence-electron chi connectivity index (χ4n) is 3.76. The van der Waals surface area contributed by atoms with Gasteiger partial charge >= 0.3 is 18.0 Å². The molecule has 2 heterocycles. The summed E-state index contributed by atoms with van der Waals surface area (Å²) in [6.45, 7) is -0.0104. The molecule has 1 fully saturated rings. The number of aliphatic carboxylic acids is 1. The molecule has 1 aromatic carbocycles. The third-order valence-corrected chi connectivity index (χ3v) is 5.97. The number of amides is 5. The zero-order valence-electron chi connectivity index (χ0n) is 19.9. The van der Waals surface area contributed by atoms with Gasteiger partial charge in [-0.3, -0.25) is 19.8 Å². The number of carbonyl (C=O) groups excluding carboxylic acids is 3. The van der Waals surface area contributed by atoms with Crippen molar-refractivity contribution in [2.75, 3.05) is 18.4 Å². The number of hydrogen-bond donors (Lipinski definition) is 4. The van der Waals surface area contributed by atoms with Crippen LogP contribution >= 0.6 is 11.6 Å². The second kappa shape index (κ2) is 11.6. The Labute approximate surface area is 221 Å². The molecule has 1 aliphatic carbocycles. The smallest absolute Gasteiger partial charge is 0.331 e. The lowest BCUT2D eigenvalue weighted by Crippen LogP contribution is -2.68.